The van der Waals surface area contributed by atoms with Crippen molar-refractivity contribution < 1.29 is 4.74 Å². The first-order valence-corrected chi connectivity index (χ1v) is 7.40. The van der Waals surface area contributed by atoms with Crippen molar-refractivity contribution in [3.8, 4) is 11.8 Å². The summed E-state index contributed by atoms with van der Waals surface area (Å²) in [4.78, 5) is 0. The van der Waals surface area contributed by atoms with Crippen LogP contribution in [0.5, 0.6) is 5.75 Å². The smallest absolute Gasteiger partial charge is 0.122 e. The maximum atomic E-state index is 9.92. The van der Waals surface area contributed by atoms with E-state index in [-0.39, 0.29) is 0 Å². The fraction of sp³-hybridized carbons (Fsp3) is 0.316. The first-order valence-electron chi connectivity index (χ1n) is 7.40. The topological polar surface area (TPSA) is 33.0 Å². The SMILES string of the molecule is COc1cccc2c1CCCC2(C#N)Cc1ccccc1. The van der Waals surface area contributed by atoms with Crippen LogP contribution in [0.4, 0.5) is 0 Å². The van der Waals surface area contributed by atoms with E-state index in [1.807, 2.05) is 30.3 Å². The summed E-state index contributed by atoms with van der Waals surface area (Å²) in [5, 5.41) is 9.92. The second kappa shape index (κ2) is 5.61. The molecule has 1 atom stereocenters. The summed E-state index contributed by atoms with van der Waals surface area (Å²) < 4.78 is 5.49. The van der Waals surface area contributed by atoms with Crippen molar-refractivity contribution in [1.82, 2.24) is 0 Å². The van der Waals surface area contributed by atoms with Gasteiger partial charge in [-0.3, -0.25) is 0 Å². The number of hydrogen-bond acceptors (Lipinski definition) is 2. The number of ether oxygens (including phenoxy) is 1. The minimum Gasteiger partial charge on any atom is -0.496 e. The molecule has 0 saturated carbocycles. The Kier molecular flexibility index (Phi) is 3.66. The van der Waals surface area contributed by atoms with E-state index in [1.54, 1.807) is 7.11 Å². The van der Waals surface area contributed by atoms with Crippen LogP contribution in [0.1, 0.15) is 29.5 Å². The third kappa shape index (κ3) is 2.40. The summed E-state index contributed by atoms with van der Waals surface area (Å²) in [5.74, 6) is 0.917. The number of nitrogens with zero attached hydrogens (tertiary/aromatic N) is 1. The Morgan fingerprint density at radius 3 is 2.67 bits per heavy atom. The lowest BCUT2D eigenvalue weighted by molar-refractivity contribution is 0.391. The lowest BCUT2D eigenvalue weighted by atomic mass is 9.67. The molecule has 0 fully saturated rings. The zero-order chi connectivity index (χ0) is 14.7. The minimum atomic E-state index is -0.427. The molecule has 0 amide bonds. The Morgan fingerprint density at radius 2 is 1.95 bits per heavy atom. The molecular weight excluding hydrogens is 258 g/mol. The van der Waals surface area contributed by atoms with Gasteiger partial charge in [-0.15, -0.1) is 0 Å². The van der Waals surface area contributed by atoms with Gasteiger partial charge in [-0.1, -0.05) is 42.5 Å². The predicted molar refractivity (Wildman–Crippen MR) is 83.4 cm³/mol. The molecule has 2 aromatic rings. The van der Waals surface area contributed by atoms with E-state index in [2.05, 4.69) is 24.3 Å². The van der Waals surface area contributed by atoms with Gasteiger partial charge in [0.2, 0.25) is 0 Å². The number of rotatable bonds is 3. The van der Waals surface area contributed by atoms with Crippen molar-refractivity contribution in [1.29, 1.82) is 5.26 Å². The molecule has 0 saturated heterocycles. The van der Waals surface area contributed by atoms with Crippen molar-refractivity contribution in [2.45, 2.75) is 31.1 Å². The average molecular weight is 277 g/mol. The molecule has 106 valence electrons. The number of nitriles is 1. The average Bonchev–Trinajstić information content (AvgIpc) is 2.55. The fourth-order valence-electron chi connectivity index (χ4n) is 3.45. The number of benzene rings is 2. The summed E-state index contributed by atoms with van der Waals surface area (Å²) in [6, 6.07) is 19.0. The highest BCUT2D eigenvalue weighted by Crippen LogP contribution is 2.42. The molecule has 0 bridgehead atoms. The van der Waals surface area contributed by atoms with Gasteiger partial charge in [0, 0.05) is 0 Å². The van der Waals surface area contributed by atoms with Crippen molar-refractivity contribution in [3.63, 3.8) is 0 Å². The van der Waals surface area contributed by atoms with E-state index in [0.717, 1.165) is 37.0 Å². The first-order chi connectivity index (χ1) is 10.3. The van der Waals surface area contributed by atoms with Gasteiger partial charge in [0.05, 0.1) is 18.6 Å². The van der Waals surface area contributed by atoms with Gasteiger partial charge in [-0.25, -0.2) is 0 Å². The number of methoxy groups -OCH3 is 1. The molecule has 3 rings (SSSR count). The Hall–Kier alpha value is -2.27. The van der Waals surface area contributed by atoms with Crippen LogP contribution >= 0.6 is 0 Å². The van der Waals surface area contributed by atoms with Gasteiger partial charge >= 0.3 is 0 Å². The molecule has 2 aromatic carbocycles. The van der Waals surface area contributed by atoms with Crippen LogP contribution in [0, 0.1) is 11.3 Å². The molecule has 0 N–H and O–H groups in total. The molecule has 0 heterocycles. The van der Waals surface area contributed by atoms with Crippen molar-refractivity contribution in [2.24, 2.45) is 0 Å². The van der Waals surface area contributed by atoms with Gasteiger partial charge < -0.3 is 4.74 Å². The maximum absolute atomic E-state index is 9.92. The van der Waals surface area contributed by atoms with E-state index in [4.69, 9.17) is 4.74 Å². The summed E-state index contributed by atoms with van der Waals surface area (Å²) in [6.07, 6.45) is 3.72. The van der Waals surface area contributed by atoms with Gasteiger partial charge in [0.15, 0.2) is 0 Å². The highest BCUT2D eigenvalue weighted by Gasteiger charge is 2.38. The molecule has 0 radical (unpaired) electrons. The first kappa shape index (κ1) is 13.7. The highest BCUT2D eigenvalue weighted by atomic mass is 16.5. The van der Waals surface area contributed by atoms with Gasteiger partial charge in [-0.2, -0.15) is 5.26 Å². The van der Waals surface area contributed by atoms with Crippen LogP contribution in [-0.4, -0.2) is 7.11 Å². The zero-order valence-corrected chi connectivity index (χ0v) is 12.3. The van der Waals surface area contributed by atoms with Crippen LogP contribution < -0.4 is 4.74 Å². The quantitative estimate of drug-likeness (QED) is 0.848. The fourth-order valence-corrected chi connectivity index (χ4v) is 3.45. The summed E-state index contributed by atoms with van der Waals surface area (Å²) in [5.41, 5.74) is 3.15. The predicted octanol–water partition coefficient (Wildman–Crippen LogP) is 4.04. The highest BCUT2D eigenvalue weighted by molar-refractivity contribution is 5.50. The van der Waals surface area contributed by atoms with E-state index in [1.165, 1.54) is 11.1 Å². The van der Waals surface area contributed by atoms with Crippen molar-refractivity contribution in [2.75, 3.05) is 7.11 Å². The lowest BCUT2D eigenvalue weighted by Gasteiger charge is -2.34. The third-order valence-corrected chi connectivity index (χ3v) is 4.46. The van der Waals surface area contributed by atoms with Crippen LogP contribution in [0.3, 0.4) is 0 Å². The molecule has 0 aromatic heterocycles. The van der Waals surface area contributed by atoms with Crippen molar-refractivity contribution >= 4 is 0 Å². The maximum Gasteiger partial charge on any atom is 0.122 e. The lowest BCUT2D eigenvalue weighted by Crippen LogP contribution is -2.32. The van der Waals surface area contributed by atoms with Gasteiger partial charge in [0.25, 0.3) is 0 Å². The molecular formula is C19H19NO. The molecule has 1 aliphatic rings. The molecule has 2 heteroatoms. The largest absolute Gasteiger partial charge is 0.496 e. The van der Waals surface area contributed by atoms with Gasteiger partial charge in [0.1, 0.15) is 5.75 Å². The zero-order valence-electron chi connectivity index (χ0n) is 12.3. The molecule has 1 aliphatic carbocycles. The Labute approximate surface area is 126 Å². The van der Waals surface area contributed by atoms with Crippen LogP contribution in [0.25, 0.3) is 0 Å². The second-order valence-corrected chi connectivity index (χ2v) is 5.70. The van der Waals surface area contributed by atoms with Crippen molar-refractivity contribution in [3.05, 3.63) is 65.2 Å². The Bertz CT molecular complexity index is 672. The monoisotopic (exact) mass is 277 g/mol. The normalized spacial score (nSPS) is 20.4. The van der Waals surface area contributed by atoms with E-state index in [0.29, 0.717) is 0 Å². The van der Waals surface area contributed by atoms with Gasteiger partial charge in [-0.05, 0) is 48.4 Å². The summed E-state index contributed by atoms with van der Waals surface area (Å²) >= 11 is 0. The molecule has 21 heavy (non-hydrogen) atoms. The second-order valence-electron chi connectivity index (χ2n) is 5.70. The van der Waals surface area contributed by atoms with E-state index in [9.17, 15) is 5.26 Å². The van der Waals surface area contributed by atoms with Crippen LogP contribution in [0.2, 0.25) is 0 Å². The number of hydrogen-bond donors (Lipinski definition) is 0. The Morgan fingerprint density at radius 1 is 1.14 bits per heavy atom. The molecule has 0 aliphatic heterocycles. The summed E-state index contributed by atoms with van der Waals surface area (Å²) in [7, 11) is 1.70. The number of fused-ring (bicyclic) bond motifs is 1. The Balaban J connectivity index is 2.07. The van der Waals surface area contributed by atoms with E-state index >= 15 is 0 Å². The van der Waals surface area contributed by atoms with Crippen LogP contribution in [-0.2, 0) is 18.3 Å². The molecule has 0 spiro atoms. The van der Waals surface area contributed by atoms with E-state index < -0.39 is 5.41 Å². The summed E-state index contributed by atoms with van der Waals surface area (Å²) in [6.45, 7) is 0. The molecule has 1 unspecified atom stereocenters. The molecule has 2 nitrogen and oxygen atoms in total. The third-order valence-electron chi connectivity index (χ3n) is 4.46. The minimum absolute atomic E-state index is 0.427. The van der Waals surface area contributed by atoms with Crippen LogP contribution in [0.15, 0.2) is 48.5 Å². The standard InChI is InChI=1S/C19H19NO/c1-21-18-11-5-10-17-16(18)9-6-12-19(17,14-20)13-15-7-3-2-4-8-15/h2-5,7-8,10-11H,6,9,12-13H2,1H3.